The minimum absolute atomic E-state index is 0.432. The van der Waals surface area contributed by atoms with Gasteiger partial charge >= 0.3 is 0 Å². The molecule has 0 spiro atoms. The first-order chi connectivity index (χ1) is 7.68. The summed E-state index contributed by atoms with van der Waals surface area (Å²) in [7, 11) is 0. The molecule has 1 saturated heterocycles. The van der Waals surface area contributed by atoms with Crippen LogP contribution in [0.4, 0.5) is 0 Å². The van der Waals surface area contributed by atoms with E-state index in [4.69, 9.17) is 4.74 Å². The molecule has 1 aliphatic carbocycles. The van der Waals surface area contributed by atoms with Gasteiger partial charge in [0.2, 0.25) is 0 Å². The van der Waals surface area contributed by atoms with E-state index < -0.39 is 0 Å². The first kappa shape index (κ1) is 12.4. The average Bonchev–Trinajstić information content (AvgIpc) is 2.53. The Kier molecular flexibility index (Phi) is 4.26. The largest absolute Gasteiger partial charge is 0.375 e. The predicted molar refractivity (Wildman–Crippen MR) is 67.5 cm³/mol. The molecule has 2 nitrogen and oxygen atoms in total. The summed E-state index contributed by atoms with van der Waals surface area (Å²) in [5.41, 5.74) is 0. The van der Waals surface area contributed by atoms with Crippen LogP contribution >= 0.6 is 0 Å². The van der Waals surface area contributed by atoms with Gasteiger partial charge in [-0.2, -0.15) is 0 Å². The molecule has 1 N–H and O–H groups in total. The Morgan fingerprint density at radius 2 is 1.69 bits per heavy atom. The highest BCUT2D eigenvalue weighted by atomic mass is 16.5. The second-order valence-corrected chi connectivity index (χ2v) is 5.81. The zero-order chi connectivity index (χ0) is 11.5. The average molecular weight is 225 g/mol. The lowest BCUT2D eigenvalue weighted by molar-refractivity contribution is 0.0508. The van der Waals surface area contributed by atoms with E-state index >= 15 is 0 Å². The zero-order valence-electron chi connectivity index (χ0n) is 11.0. The van der Waals surface area contributed by atoms with Crippen LogP contribution in [0.2, 0.25) is 0 Å². The van der Waals surface area contributed by atoms with E-state index in [0.29, 0.717) is 24.0 Å². The Morgan fingerprint density at radius 3 is 2.25 bits per heavy atom. The minimum atomic E-state index is 0.432. The van der Waals surface area contributed by atoms with Crippen molar-refractivity contribution in [2.45, 2.75) is 71.1 Å². The van der Waals surface area contributed by atoms with Gasteiger partial charge in [0.15, 0.2) is 0 Å². The molecule has 0 radical (unpaired) electrons. The van der Waals surface area contributed by atoms with Crippen LogP contribution in [0.1, 0.15) is 52.9 Å². The molecule has 0 bridgehead atoms. The van der Waals surface area contributed by atoms with E-state index in [1.54, 1.807) is 0 Å². The Labute approximate surface area is 100 Å². The summed E-state index contributed by atoms with van der Waals surface area (Å²) in [6.45, 7) is 7.92. The van der Waals surface area contributed by atoms with Crippen molar-refractivity contribution in [2.75, 3.05) is 6.54 Å². The van der Waals surface area contributed by atoms with E-state index in [-0.39, 0.29) is 0 Å². The van der Waals surface area contributed by atoms with Gasteiger partial charge in [-0.3, -0.25) is 0 Å². The van der Waals surface area contributed by atoms with Crippen LogP contribution in [0.15, 0.2) is 0 Å². The number of rotatable bonds is 3. The number of nitrogens with one attached hydrogen (secondary N) is 1. The molecule has 1 saturated carbocycles. The molecule has 4 unspecified atom stereocenters. The quantitative estimate of drug-likeness (QED) is 0.797. The summed E-state index contributed by atoms with van der Waals surface area (Å²) >= 11 is 0. The number of hydrogen-bond acceptors (Lipinski definition) is 2. The molecule has 1 heterocycles. The predicted octanol–water partition coefficient (Wildman–Crippen LogP) is 2.97. The summed E-state index contributed by atoms with van der Waals surface area (Å²) < 4.78 is 5.89. The number of ether oxygens (including phenoxy) is 1. The van der Waals surface area contributed by atoms with Gasteiger partial charge in [0, 0.05) is 18.5 Å². The third kappa shape index (κ3) is 2.78. The van der Waals surface area contributed by atoms with Crippen molar-refractivity contribution >= 4 is 0 Å². The summed E-state index contributed by atoms with van der Waals surface area (Å²) in [4.78, 5) is 0. The molecule has 16 heavy (non-hydrogen) atoms. The maximum atomic E-state index is 5.89. The van der Waals surface area contributed by atoms with Gasteiger partial charge in [0.25, 0.3) is 0 Å². The van der Waals surface area contributed by atoms with Crippen LogP contribution in [0.3, 0.4) is 0 Å². The smallest absolute Gasteiger partial charge is 0.0594 e. The fraction of sp³-hybridized carbons (Fsp3) is 1.00. The summed E-state index contributed by atoms with van der Waals surface area (Å²) in [5.74, 6) is 1.41. The molecular formula is C14H27NO. The standard InChI is InChI=1S/C14H27NO/c1-10-11(2)16-12(3)14(10)9-15-13-7-5-4-6-8-13/h10-15H,4-9H2,1-3H3. The highest BCUT2D eigenvalue weighted by molar-refractivity contribution is 4.86. The van der Waals surface area contributed by atoms with Gasteiger partial charge in [-0.05, 0) is 32.6 Å². The van der Waals surface area contributed by atoms with E-state index in [2.05, 4.69) is 26.1 Å². The van der Waals surface area contributed by atoms with Crippen LogP contribution < -0.4 is 5.32 Å². The third-order valence-corrected chi connectivity index (χ3v) is 4.70. The van der Waals surface area contributed by atoms with Gasteiger partial charge < -0.3 is 10.1 Å². The fourth-order valence-corrected chi connectivity index (χ4v) is 3.30. The van der Waals surface area contributed by atoms with Gasteiger partial charge in [-0.25, -0.2) is 0 Å². The molecule has 2 heteroatoms. The van der Waals surface area contributed by atoms with Gasteiger partial charge in [0.05, 0.1) is 12.2 Å². The molecule has 2 rings (SSSR count). The van der Waals surface area contributed by atoms with Crippen molar-refractivity contribution in [2.24, 2.45) is 11.8 Å². The van der Waals surface area contributed by atoms with E-state index in [9.17, 15) is 0 Å². The Hall–Kier alpha value is -0.0800. The first-order valence-electron chi connectivity index (χ1n) is 7.07. The fourth-order valence-electron chi connectivity index (χ4n) is 3.30. The highest BCUT2D eigenvalue weighted by Gasteiger charge is 2.36. The van der Waals surface area contributed by atoms with Crippen molar-refractivity contribution < 1.29 is 4.74 Å². The lowest BCUT2D eigenvalue weighted by atomic mass is 9.88. The maximum Gasteiger partial charge on any atom is 0.0594 e. The molecule has 0 amide bonds. The summed E-state index contributed by atoms with van der Waals surface area (Å²) in [6.07, 6.45) is 7.90. The molecule has 2 aliphatic rings. The van der Waals surface area contributed by atoms with Crippen molar-refractivity contribution in [1.82, 2.24) is 5.32 Å². The van der Waals surface area contributed by atoms with E-state index in [1.165, 1.54) is 32.1 Å². The monoisotopic (exact) mass is 225 g/mol. The van der Waals surface area contributed by atoms with Crippen molar-refractivity contribution in [3.8, 4) is 0 Å². The van der Waals surface area contributed by atoms with E-state index in [1.807, 2.05) is 0 Å². The van der Waals surface area contributed by atoms with Gasteiger partial charge in [0.1, 0.15) is 0 Å². The molecule has 0 aromatic rings. The Bertz CT molecular complexity index is 213. The molecule has 1 aliphatic heterocycles. The summed E-state index contributed by atoms with van der Waals surface area (Å²) in [6, 6.07) is 0.782. The minimum Gasteiger partial charge on any atom is -0.375 e. The van der Waals surface area contributed by atoms with Crippen molar-refractivity contribution in [3.05, 3.63) is 0 Å². The second kappa shape index (κ2) is 5.50. The molecule has 0 aromatic heterocycles. The van der Waals surface area contributed by atoms with Crippen molar-refractivity contribution in [1.29, 1.82) is 0 Å². The number of hydrogen-bond donors (Lipinski definition) is 1. The molecule has 94 valence electrons. The molecule has 2 fully saturated rings. The SMILES string of the molecule is CC1OC(C)C(CNC2CCCCC2)C1C. The second-order valence-electron chi connectivity index (χ2n) is 5.81. The molecular weight excluding hydrogens is 198 g/mol. The molecule has 0 aromatic carbocycles. The van der Waals surface area contributed by atoms with Crippen molar-refractivity contribution in [3.63, 3.8) is 0 Å². The van der Waals surface area contributed by atoms with E-state index in [0.717, 1.165) is 12.6 Å². The maximum absolute atomic E-state index is 5.89. The van der Waals surface area contributed by atoms with Crippen LogP contribution in [0.25, 0.3) is 0 Å². The highest BCUT2D eigenvalue weighted by Crippen LogP contribution is 2.31. The van der Waals surface area contributed by atoms with Crippen LogP contribution in [-0.4, -0.2) is 24.8 Å². The lowest BCUT2D eigenvalue weighted by Crippen LogP contribution is -2.38. The Balaban J connectivity index is 1.76. The molecule has 4 atom stereocenters. The third-order valence-electron chi connectivity index (χ3n) is 4.70. The van der Waals surface area contributed by atoms with Crippen LogP contribution in [0.5, 0.6) is 0 Å². The van der Waals surface area contributed by atoms with Gasteiger partial charge in [-0.1, -0.05) is 26.2 Å². The Morgan fingerprint density at radius 1 is 1.00 bits per heavy atom. The zero-order valence-corrected chi connectivity index (χ0v) is 11.0. The lowest BCUT2D eigenvalue weighted by Gasteiger charge is -2.26. The normalized spacial score (nSPS) is 41.4. The topological polar surface area (TPSA) is 21.3 Å². The van der Waals surface area contributed by atoms with Gasteiger partial charge in [-0.15, -0.1) is 0 Å². The first-order valence-corrected chi connectivity index (χ1v) is 7.07. The summed E-state index contributed by atoms with van der Waals surface area (Å²) in [5, 5.41) is 3.76. The van der Waals surface area contributed by atoms with Crippen LogP contribution in [-0.2, 0) is 4.74 Å². The van der Waals surface area contributed by atoms with Crippen LogP contribution in [0, 0.1) is 11.8 Å².